The molecule has 0 bridgehead atoms. The number of hydrogen-bond acceptors (Lipinski definition) is 6. The van der Waals surface area contributed by atoms with Gasteiger partial charge in [0.15, 0.2) is 8.87 Å². The molecule has 0 atom stereocenters. The quantitative estimate of drug-likeness (QED) is 0.426. The van der Waals surface area contributed by atoms with Gasteiger partial charge in [-0.15, -0.1) is 0 Å². The molecule has 1 aromatic carbocycles. The molecule has 0 spiro atoms. The van der Waals surface area contributed by atoms with Crippen LogP contribution >= 0.6 is 10.8 Å². The molecule has 0 radical (unpaired) electrons. The summed E-state index contributed by atoms with van der Waals surface area (Å²) in [5.41, 5.74) is 1.36. The van der Waals surface area contributed by atoms with Gasteiger partial charge in [-0.2, -0.15) is 0 Å². The van der Waals surface area contributed by atoms with Gasteiger partial charge in [-0.3, -0.25) is 0 Å². The Morgan fingerprint density at radius 2 is 1.95 bits per heavy atom. The Morgan fingerprint density at radius 1 is 1.29 bits per heavy atom. The molecule has 0 aliphatic rings. The van der Waals surface area contributed by atoms with Crippen LogP contribution in [-0.2, 0) is 13.6 Å². The highest BCUT2D eigenvalue weighted by molar-refractivity contribution is 8.71. The van der Waals surface area contributed by atoms with E-state index in [1.54, 1.807) is 24.3 Å². The van der Waals surface area contributed by atoms with Crippen LogP contribution in [0, 0.1) is 0 Å². The van der Waals surface area contributed by atoms with Crippen LogP contribution in [0.3, 0.4) is 0 Å². The van der Waals surface area contributed by atoms with Crippen LogP contribution in [0.4, 0.5) is 5.69 Å². The fourth-order valence-electron chi connectivity index (χ4n) is 1.51. The van der Waals surface area contributed by atoms with Crippen LogP contribution in [-0.4, -0.2) is 39.5 Å². The lowest BCUT2D eigenvalue weighted by molar-refractivity contribution is 0.0500. The average Bonchev–Trinajstić information content (AvgIpc) is 2.43. The van der Waals surface area contributed by atoms with Gasteiger partial charge in [-0.1, -0.05) is 13.3 Å². The first-order valence-electron chi connectivity index (χ1n) is 6.78. The molecule has 7 heteroatoms. The molecule has 0 aliphatic carbocycles. The molecular formula is C14H21NO4S2. The smallest absolute Gasteiger partial charge is 0.338 e. The molecular weight excluding hydrogens is 310 g/mol. The van der Waals surface area contributed by atoms with Crippen molar-refractivity contribution in [2.24, 2.45) is 0 Å². The minimum atomic E-state index is -2.99. The third-order valence-electron chi connectivity index (χ3n) is 2.58. The van der Waals surface area contributed by atoms with Crippen molar-refractivity contribution in [2.45, 2.75) is 19.8 Å². The molecule has 1 N–H and O–H groups in total. The van der Waals surface area contributed by atoms with Gasteiger partial charge in [0.25, 0.3) is 0 Å². The molecule has 0 aromatic heterocycles. The number of unbranched alkanes of at least 4 members (excludes halogenated alkanes) is 1. The number of carbonyl (C=O) groups is 1. The second-order valence-corrected chi connectivity index (χ2v) is 9.10. The zero-order valence-electron chi connectivity index (χ0n) is 12.3. The summed E-state index contributed by atoms with van der Waals surface area (Å²) in [6.07, 6.45) is 3.04. The predicted molar refractivity (Wildman–Crippen MR) is 87.4 cm³/mol. The van der Waals surface area contributed by atoms with E-state index in [4.69, 9.17) is 4.74 Å². The van der Waals surface area contributed by atoms with Crippen molar-refractivity contribution in [3.05, 3.63) is 29.8 Å². The molecule has 1 rings (SSSR count). The van der Waals surface area contributed by atoms with Crippen molar-refractivity contribution in [2.75, 3.05) is 30.5 Å². The lowest BCUT2D eigenvalue weighted by Crippen LogP contribution is -2.08. The van der Waals surface area contributed by atoms with E-state index in [1.165, 1.54) is 6.26 Å². The molecule has 0 unspecified atom stereocenters. The van der Waals surface area contributed by atoms with Crippen LogP contribution in [0.25, 0.3) is 0 Å². The molecule has 0 saturated carbocycles. The van der Waals surface area contributed by atoms with Crippen molar-refractivity contribution < 1.29 is 17.9 Å². The zero-order valence-corrected chi connectivity index (χ0v) is 13.9. The molecule has 0 amide bonds. The monoisotopic (exact) mass is 331 g/mol. The average molecular weight is 331 g/mol. The van der Waals surface area contributed by atoms with Crippen molar-refractivity contribution in [1.29, 1.82) is 0 Å². The highest BCUT2D eigenvalue weighted by Gasteiger charge is 2.06. The second-order valence-electron chi connectivity index (χ2n) is 4.52. The van der Waals surface area contributed by atoms with E-state index in [1.807, 2.05) is 6.92 Å². The normalized spacial score (nSPS) is 11.1. The number of esters is 1. The Balaban J connectivity index is 2.38. The van der Waals surface area contributed by atoms with Crippen LogP contribution in [0.1, 0.15) is 30.1 Å². The molecule has 0 saturated heterocycles. The minimum Gasteiger partial charge on any atom is -0.462 e. The Hall–Kier alpha value is -1.21. The highest BCUT2D eigenvalue weighted by Crippen LogP contribution is 2.12. The zero-order chi connectivity index (χ0) is 15.7. The summed E-state index contributed by atoms with van der Waals surface area (Å²) < 4.78 is 27.0. The van der Waals surface area contributed by atoms with E-state index in [0.29, 0.717) is 24.5 Å². The Labute approximate surface area is 129 Å². The molecule has 21 heavy (non-hydrogen) atoms. The maximum Gasteiger partial charge on any atom is 0.338 e. The van der Waals surface area contributed by atoms with E-state index in [2.05, 4.69) is 5.32 Å². The van der Waals surface area contributed by atoms with Crippen LogP contribution in [0.15, 0.2) is 24.3 Å². The van der Waals surface area contributed by atoms with Crippen LogP contribution < -0.4 is 5.32 Å². The van der Waals surface area contributed by atoms with E-state index in [-0.39, 0.29) is 5.97 Å². The molecule has 0 fully saturated rings. The topological polar surface area (TPSA) is 72.5 Å². The van der Waals surface area contributed by atoms with Gasteiger partial charge in [0.05, 0.1) is 12.2 Å². The molecule has 1 aromatic rings. The summed E-state index contributed by atoms with van der Waals surface area (Å²) in [6.45, 7) is 3.02. The summed E-state index contributed by atoms with van der Waals surface area (Å²) in [5.74, 6) is 0.155. The standard InChI is InChI=1S/C14H21NO4S2/c1-3-4-10-19-14(16)12-5-7-13(8-6-12)15-9-11-20-21(2,17)18/h5-8,15H,3-4,9-11H2,1-2H3. The maximum absolute atomic E-state index is 11.7. The van der Waals surface area contributed by atoms with Gasteiger partial charge in [-0.25, -0.2) is 13.2 Å². The third-order valence-corrected chi connectivity index (χ3v) is 5.16. The van der Waals surface area contributed by atoms with E-state index < -0.39 is 8.87 Å². The molecule has 118 valence electrons. The van der Waals surface area contributed by atoms with Gasteiger partial charge in [0.1, 0.15) is 0 Å². The number of ether oxygens (including phenoxy) is 1. The number of nitrogens with one attached hydrogen (secondary N) is 1. The fourth-order valence-corrected chi connectivity index (χ4v) is 3.15. The largest absolute Gasteiger partial charge is 0.462 e. The number of benzene rings is 1. The third kappa shape index (κ3) is 7.96. The highest BCUT2D eigenvalue weighted by atomic mass is 33.1. The first kappa shape index (κ1) is 17.8. The van der Waals surface area contributed by atoms with Gasteiger partial charge in [0, 0.05) is 24.2 Å². The number of carbonyl (C=O) groups excluding carboxylic acids is 1. The predicted octanol–water partition coefficient (Wildman–Crippen LogP) is 2.75. The van der Waals surface area contributed by atoms with Crippen LogP contribution in [0.5, 0.6) is 0 Å². The summed E-state index contributed by atoms with van der Waals surface area (Å²) >= 11 is 0. The first-order valence-corrected chi connectivity index (χ1v) is 10.2. The first-order chi connectivity index (χ1) is 9.92. The molecule has 5 nitrogen and oxygen atoms in total. The van der Waals surface area contributed by atoms with Crippen molar-refractivity contribution in [3.63, 3.8) is 0 Å². The van der Waals surface area contributed by atoms with Gasteiger partial charge in [-0.05, 0) is 41.5 Å². The van der Waals surface area contributed by atoms with Gasteiger partial charge >= 0.3 is 5.97 Å². The van der Waals surface area contributed by atoms with E-state index in [9.17, 15) is 13.2 Å². The number of hydrogen-bond donors (Lipinski definition) is 1. The lowest BCUT2D eigenvalue weighted by Gasteiger charge is -2.07. The number of anilines is 1. The Bertz CT molecular complexity index is 541. The van der Waals surface area contributed by atoms with Crippen molar-refractivity contribution >= 4 is 31.3 Å². The lowest BCUT2D eigenvalue weighted by atomic mass is 10.2. The van der Waals surface area contributed by atoms with Crippen LogP contribution in [0.2, 0.25) is 0 Å². The summed E-state index contributed by atoms with van der Waals surface area (Å²) in [6, 6.07) is 6.95. The number of rotatable bonds is 9. The van der Waals surface area contributed by atoms with Gasteiger partial charge in [0.2, 0.25) is 0 Å². The van der Waals surface area contributed by atoms with Crippen molar-refractivity contribution in [1.82, 2.24) is 0 Å². The summed E-state index contributed by atoms with van der Waals surface area (Å²) in [7, 11) is -2.08. The summed E-state index contributed by atoms with van der Waals surface area (Å²) in [4.78, 5) is 11.7. The minimum absolute atomic E-state index is 0.317. The maximum atomic E-state index is 11.7. The van der Waals surface area contributed by atoms with E-state index in [0.717, 1.165) is 29.3 Å². The van der Waals surface area contributed by atoms with Gasteiger partial charge < -0.3 is 10.1 Å². The SMILES string of the molecule is CCCCOC(=O)c1ccc(NCCSS(C)(=O)=O)cc1. The second kappa shape index (κ2) is 8.94. The van der Waals surface area contributed by atoms with Crippen molar-refractivity contribution in [3.8, 4) is 0 Å². The fraction of sp³-hybridized carbons (Fsp3) is 0.500. The Morgan fingerprint density at radius 3 is 2.52 bits per heavy atom. The summed E-state index contributed by atoms with van der Waals surface area (Å²) in [5, 5.41) is 3.10. The molecule has 0 heterocycles. The molecule has 0 aliphatic heterocycles. The Kier molecular flexibility index (Phi) is 7.60. The van der Waals surface area contributed by atoms with E-state index >= 15 is 0 Å².